The molecule has 0 spiro atoms. The lowest BCUT2D eigenvalue weighted by atomic mass is 10.1. The van der Waals surface area contributed by atoms with Gasteiger partial charge in [-0.25, -0.2) is 0 Å². The van der Waals surface area contributed by atoms with Crippen molar-refractivity contribution in [1.82, 2.24) is 10.2 Å². The summed E-state index contributed by atoms with van der Waals surface area (Å²) >= 11 is 0. The molecule has 0 aliphatic heterocycles. The van der Waals surface area contributed by atoms with E-state index in [9.17, 15) is 9.59 Å². The lowest BCUT2D eigenvalue weighted by molar-refractivity contribution is -0.143. The van der Waals surface area contributed by atoms with E-state index in [-0.39, 0.29) is 18.4 Å². The number of benzene rings is 2. The monoisotopic (exact) mass is 396 g/mol. The topological polar surface area (TPSA) is 58.6 Å². The lowest BCUT2D eigenvalue weighted by Crippen LogP contribution is -2.50. The van der Waals surface area contributed by atoms with Crippen LogP contribution in [0, 0.1) is 6.92 Å². The third-order valence-corrected chi connectivity index (χ3v) is 4.76. The first-order valence-corrected chi connectivity index (χ1v) is 10.4. The lowest BCUT2D eigenvalue weighted by Gasteiger charge is -2.30. The van der Waals surface area contributed by atoms with Gasteiger partial charge >= 0.3 is 0 Å². The molecule has 2 aromatic carbocycles. The molecular weight excluding hydrogens is 364 g/mol. The van der Waals surface area contributed by atoms with Crippen LogP contribution in [0.3, 0.4) is 0 Å². The molecular formula is C24H32N2O3. The van der Waals surface area contributed by atoms with Gasteiger partial charge in [-0.15, -0.1) is 0 Å². The standard InChI is InChI=1S/C24H32N2O3/c1-4-6-15-25-24(28)22(5-2)26(17-20-12-10-11-19(3)16-20)23(27)18-29-21-13-8-7-9-14-21/h7-14,16,22H,4-6,15,17-18H2,1-3H3,(H,25,28)/t22-/m0/s1. The van der Waals surface area contributed by atoms with Crippen LogP contribution in [0.15, 0.2) is 54.6 Å². The van der Waals surface area contributed by atoms with Crippen molar-refractivity contribution in [3.8, 4) is 5.75 Å². The number of carbonyl (C=O) groups excluding carboxylic acids is 2. The Bertz CT molecular complexity index is 777. The SMILES string of the molecule is CCCCNC(=O)[C@H](CC)N(Cc1cccc(C)c1)C(=O)COc1ccccc1. The van der Waals surface area contributed by atoms with E-state index in [4.69, 9.17) is 4.74 Å². The maximum atomic E-state index is 13.1. The average molecular weight is 397 g/mol. The van der Waals surface area contributed by atoms with Crippen LogP contribution in [0.2, 0.25) is 0 Å². The summed E-state index contributed by atoms with van der Waals surface area (Å²) in [5.74, 6) is 0.325. The van der Waals surface area contributed by atoms with E-state index >= 15 is 0 Å². The summed E-state index contributed by atoms with van der Waals surface area (Å²) in [5, 5.41) is 2.97. The molecule has 5 heteroatoms. The molecule has 29 heavy (non-hydrogen) atoms. The molecule has 0 aliphatic carbocycles. The van der Waals surface area contributed by atoms with Crippen molar-refractivity contribution in [3.05, 3.63) is 65.7 Å². The van der Waals surface area contributed by atoms with Crippen LogP contribution in [0.25, 0.3) is 0 Å². The Labute approximate surface area is 174 Å². The maximum Gasteiger partial charge on any atom is 0.261 e. The number of rotatable bonds is 11. The molecule has 1 atom stereocenters. The Morgan fingerprint density at radius 2 is 1.83 bits per heavy atom. The van der Waals surface area contributed by atoms with E-state index in [0.717, 1.165) is 24.0 Å². The third-order valence-electron chi connectivity index (χ3n) is 4.76. The number of nitrogens with one attached hydrogen (secondary N) is 1. The molecule has 0 aromatic heterocycles. The minimum atomic E-state index is -0.528. The highest BCUT2D eigenvalue weighted by atomic mass is 16.5. The molecule has 2 rings (SSSR count). The maximum absolute atomic E-state index is 13.1. The molecule has 0 saturated heterocycles. The zero-order valence-corrected chi connectivity index (χ0v) is 17.7. The number of carbonyl (C=O) groups is 2. The largest absolute Gasteiger partial charge is 0.484 e. The average Bonchev–Trinajstić information content (AvgIpc) is 2.73. The Hall–Kier alpha value is -2.82. The van der Waals surface area contributed by atoms with Gasteiger partial charge < -0.3 is 15.0 Å². The van der Waals surface area contributed by atoms with Crippen LogP contribution in [0.5, 0.6) is 5.75 Å². The number of para-hydroxylation sites is 1. The van der Waals surface area contributed by atoms with E-state index < -0.39 is 6.04 Å². The normalized spacial score (nSPS) is 11.6. The molecule has 156 valence electrons. The van der Waals surface area contributed by atoms with Crippen molar-refractivity contribution < 1.29 is 14.3 Å². The zero-order chi connectivity index (χ0) is 21.1. The van der Waals surface area contributed by atoms with Crippen molar-refractivity contribution in [2.45, 2.75) is 52.6 Å². The van der Waals surface area contributed by atoms with E-state index in [1.165, 1.54) is 0 Å². The van der Waals surface area contributed by atoms with Crippen LogP contribution in [-0.4, -0.2) is 35.9 Å². The molecule has 0 fully saturated rings. The molecule has 0 unspecified atom stereocenters. The smallest absolute Gasteiger partial charge is 0.261 e. The van der Waals surface area contributed by atoms with Gasteiger partial charge in [0.25, 0.3) is 5.91 Å². The molecule has 0 heterocycles. The first-order chi connectivity index (χ1) is 14.0. The van der Waals surface area contributed by atoms with Gasteiger partial charge in [-0.2, -0.15) is 0 Å². The second-order valence-corrected chi connectivity index (χ2v) is 7.18. The highest BCUT2D eigenvalue weighted by Gasteiger charge is 2.28. The predicted octanol–water partition coefficient (Wildman–Crippen LogP) is 4.10. The highest BCUT2D eigenvalue weighted by molar-refractivity contribution is 5.88. The van der Waals surface area contributed by atoms with Crippen LogP contribution < -0.4 is 10.1 Å². The van der Waals surface area contributed by atoms with Crippen LogP contribution in [-0.2, 0) is 16.1 Å². The van der Waals surface area contributed by atoms with Crippen molar-refractivity contribution in [2.24, 2.45) is 0 Å². The summed E-state index contributed by atoms with van der Waals surface area (Å²) < 4.78 is 5.66. The van der Waals surface area contributed by atoms with E-state index in [2.05, 4.69) is 12.2 Å². The molecule has 2 aromatic rings. The van der Waals surface area contributed by atoms with Gasteiger partial charge in [0.15, 0.2) is 6.61 Å². The summed E-state index contributed by atoms with van der Waals surface area (Å²) in [6, 6.07) is 16.7. The summed E-state index contributed by atoms with van der Waals surface area (Å²) in [6.07, 6.45) is 2.47. The first-order valence-electron chi connectivity index (χ1n) is 10.4. The number of amides is 2. The second-order valence-electron chi connectivity index (χ2n) is 7.18. The first kappa shape index (κ1) is 22.5. The fourth-order valence-electron chi connectivity index (χ4n) is 3.18. The van der Waals surface area contributed by atoms with Crippen LogP contribution >= 0.6 is 0 Å². The molecule has 0 bridgehead atoms. The molecule has 0 radical (unpaired) electrons. The van der Waals surface area contributed by atoms with Gasteiger partial charge in [0.2, 0.25) is 5.91 Å². The Kier molecular flexibility index (Phi) is 9.22. The van der Waals surface area contributed by atoms with Gasteiger partial charge in [0.05, 0.1) is 0 Å². The molecule has 0 saturated carbocycles. The number of hydrogen-bond donors (Lipinski definition) is 1. The van der Waals surface area contributed by atoms with Crippen molar-refractivity contribution in [2.75, 3.05) is 13.2 Å². The molecule has 0 aliphatic rings. The predicted molar refractivity (Wildman–Crippen MR) is 116 cm³/mol. The van der Waals surface area contributed by atoms with Gasteiger partial charge in [-0.05, 0) is 37.5 Å². The minimum absolute atomic E-state index is 0.103. The molecule has 2 amide bonds. The Morgan fingerprint density at radius 3 is 2.48 bits per heavy atom. The van der Waals surface area contributed by atoms with Gasteiger partial charge in [-0.3, -0.25) is 9.59 Å². The molecule has 1 N–H and O–H groups in total. The number of ether oxygens (including phenoxy) is 1. The second kappa shape index (κ2) is 11.9. The van der Waals surface area contributed by atoms with Crippen molar-refractivity contribution in [3.63, 3.8) is 0 Å². The van der Waals surface area contributed by atoms with Crippen LogP contribution in [0.4, 0.5) is 0 Å². The van der Waals surface area contributed by atoms with Gasteiger partial charge in [-0.1, -0.05) is 68.3 Å². The number of nitrogens with zero attached hydrogens (tertiary/aromatic N) is 1. The number of hydrogen-bond acceptors (Lipinski definition) is 3. The quantitative estimate of drug-likeness (QED) is 0.582. The number of unbranched alkanes of at least 4 members (excludes halogenated alkanes) is 1. The summed E-state index contributed by atoms with van der Waals surface area (Å²) in [5.41, 5.74) is 2.12. The Morgan fingerprint density at radius 1 is 1.07 bits per heavy atom. The fourth-order valence-corrected chi connectivity index (χ4v) is 3.18. The van der Waals surface area contributed by atoms with E-state index in [0.29, 0.717) is 25.3 Å². The third kappa shape index (κ3) is 7.26. The minimum Gasteiger partial charge on any atom is -0.484 e. The zero-order valence-electron chi connectivity index (χ0n) is 17.7. The van der Waals surface area contributed by atoms with Gasteiger partial charge in [0, 0.05) is 13.1 Å². The fraction of sp³-hybridized carbons (Fsp3) is 0.417. The number of aryl methyl sites for hydroxylation is 1. The van der Waals surface area contributed by atoms with Gasteiger partial charge in [0.1, 0.15) is 11.8 Å². The molecule has 5 nitrogen and oxygen atoms in total. The highest BCUT2D eigenvalue weighted by Crippen LogP contribution is 2.15. The summed E-state index contributed by atoms with van der Waals surface area (Å²) in [6.45, 7) is 6.92. The van der Waals surface area contributed by atoms with Crippen LogP contribution in [0.1, 0.15) is 44.2 Å². The van der Waals surface area contributed by atoms with E-state index in [1.54, 1.807) is 4.90 Å². The Balaban J connectivity index is 2.16. The summed E-state index contributed by atoms with van der Waals surface area (Å²) in [4.78, 5) is 27.5. The van der Waals surface area contributed by atoms with Crippen molar-refractivity contribution in [1.29, 1.82) is 0 Å². The summed E-state index contributed by atoms with van der Waals surface area (Å²) in [7, 11) is 0. The van der Waals surface area contributed by atoms with E-state index in [1.807, 2.05) is 68.4 Å². The van der Waals surface area contributed by atoms with Crippen molar-refractivity contribution >= 4 is 11.8 Å².